The van der Waals surface area contributed by atoms with E-state index in [0.717, 1.165) is 77.5 Å². The van der Waals surface area contributed by atoms with Gasteiger partial charge in [-0.15, -0.1) is 0 Å². The summed E-state index contributed by atoms with van der Waals surface area (Å²) in [5.74, 6) is 0. The van der Waals surface area contributed by atoms with Gasteiger partial charge in [-0.25, -0.2) is 0 Å². The van der Waals surface area contributed by atoms with Crippen LogP contribution < -0.4 is 0 Å². The standard InChI is InChI=1S/C33H19N3O2/c1-3-7-28-25(5-1)30-32(37-28)23(13-17-35-30)21-9-10-22(20-11-15-34-16-12-20)27(19-21)24-14-18-36-31-26-6-2-4-8-29(26)38-33(24)31/h1-19H. The predicted octanol–water partition coefficient (Wildman–Crippen LogP) is 8.67. The molecule has 0 saturated carbocycles. The van der Waals surface area contributed by atoms with Gasteiger partial charge in [-0.2, -0.15) is 0 Å². The molecule has 0 spiro atoms. The van der Waals surface area contributed by atoms with Gasteiger partial charge in [0, 0.05) is 46.7 Å². The minimum absolute atomic E-state index is 0.768. The van der Waals surface area contributed by atoms with Crippen molar-refractivity contribution in [2.24, 2.45) is 0 Å². The lowest BCUT2D eigenvalue weighted by molar-refractivity contribution is 0.669. The van der Waals surface area contributed by atoms with Gasteiger partial charge in [-0.3, -0.25) is 15.0 Å². The average molecular weight is 490 g/mol. The molecule has 0 amide bonds. The van der Waals surface area contributed by atoms with Crippen molar-refractivity contribution >= 4 is 44.1 Å². The number of benzene rings is 3. The Morgan fingerprint density at radius 1 is 0.447 bits per heavy atom. The fourth-order valence-corrected chi connectivity index (χ4v) is 5.37. The normalized spacial score (nSPS) is 11.7. The third kappa shape index (κ3) is 3.09. The first-order chi connectivity index (χ1) is 18.8. The van der Waals surface area contributed by atoms with Crippen LogP contribution in [0.1, 0.15) is 0 Å². The van der Waals surface area contributed by atoms with Crippen LogP contribution in [0.15, 0.2) is 125 Å². The van der Waals surface area contributed by atoms with Crippen molar-refractivity contribution in [3.8, 4) is 33.4 Å². The Bertz CT molecular complexity index is 2140. The van der Waals surface area contributed by atoms with Crippen LogP contribution in [0.4, 0.5) is 0 Å². The maximum Gasteiger partial charge on any atom is 0.161 e. The second-order valence-corrected chi connectivity index (χ2v) is 9.27. The monoisotopic (exact) mass is 489 g/mol. The summed E-state index contributed by atoms with van der Waals surface area (Å²) in [5.41, 5.74) is 11.1. The summed E-state index contributed by atoms with van der Waals surface area (Å²) in [5, 5.41) is 2.01. The largest absolute Gasteiger partial charge is 0.454 e. The van der Waals surface area contributed by atoms with Gasteiger partial charge in [0.05, 0.1) is 0 Å². The highest BCUT2D eigenvalue weighted by molar-refractivity contribution is 6.10. The van der Waals surface area contributed by atoms with Crippen LogP contribution in [0, 0.1) is 0 Å². The zero-order valence-corrected chi connectivity index (χ0v) is 20.1. The van der Waals surface area contributed by atoms with Crippen LogP contribution in [0.3, 0.4) is 0 Å². The van der Waals surface area contributed by atoms with E-state index in [9.17, 15) is 0 Å². The fraction of sp³-hybridized carbons (Fsp3) is 0. The first-order valence-electron chi connectivity index (χ1n) is 12.4. The van der Waals surface area contributed by atoms with Gasteiger partial charge in [0.25, 0.3) is 0 Å². The number of nitrogens with zero attached hydrogens (tertiary/aromatic N) is 3. The Balaban J connectivity index is 1.43. The minimum Gasteiger partial charge on any atom is -0.454 e. The molecule has 0 bridgehead atoms. The molecule has 0 fully saturated rings. The molecule has 8 aromatic rings. The van der Waals surface area contributed by atoms with E-state index >= 15 is 0 Å². The Labute approximate surface area is 217 Å². The van der Waals surface area contributed by atoms with Crippen molar-refractivity contribution in [3.63, 3.8) is 0 Å². The van der Waals surface area contributed by atoms with E-state index in [1.807, 2.05) is 97.6 Å². The molecule has 0 aliphatic carbocycles. The first kappa shape index (κ1) is 20.9. The van der Waals surface area contributed by atoms with Gasteiger partial charge in [-0.1, -0.05) is 36.4 Å². The second kappa shape index (κ2) is 8.11. The van der Waals surface area contributed by atoms with Gasteiger partial charge in [0.2, 0.25) is 0 Å². The number of para-hydroxylation sites is 2. The molecule has 5 aromatic heterocycles. The molecule has 5 heterocycles. The van der Waals surface area contributed by atoms with E-state index in [1.54, 1.807) is 0 Å². The molecular weight excluding hydrogens is 470 g/mol. The summed E-state index contributed by atoms with van der Waals surface area (Å²) in [6.07, 6.45) is 7.33. The zero-order chi connectivity index (χ0) is 25.1. The zero-order valence-electron chi connectivity index (χ0n) is 20.1. The number of rotatable bonds is 3. The molecule has 0 N–H and O–H groups in total. The SMILES string of the molecule is c1ccc2c(c1)oc1c(-c3ccc(-c4ccncc4)c(-c4ccnc5c4oc4ccccc45)c3)ccnc12. The summed E-state index contributed by atoms with van der Waals surface area (Å²) < 4.78 is 12.7. The minimum atomic E-state index is 0.768. The summed E-state index contributed by atoms with van der Waals surface area (Å²) in [6.45, 7) is 0. The molecular formula is C33H19N3O2. The third-order valence-corrected chi connectivity index (χ3v) is 7.13. The quantitative estimate of drug-likeness (QED) is 0.248. The van der Waals surface area contributed by atoms with Crippen molar-refractivity contribution in [2.45, 2.75) is 0 Å². The van der Waals surface area contributed by atoms with E-state index < -0.39 is 0 Å². The van der Waals surface area contributed by atoms with Crippen molar-refractivity contribution in [1.82, 2.24) is 15.0 Å². The predicted molar refractivity (Wildman–Crippen MR) is 151 cm³/mol. The van der Waals surface area contributed by atoms with Crippen LogP contribution in [0.25, 0.3) is 77.5 Å². The lowest BCUT2D eigenvalue weighted by atomic mass is 9.91. The van der Waals surface area contributed by atoms with Crippen molar-refractivity contribution < 1.29 is 8.83 Å². The van der Waals surface area contributed by atoms with E-state index in [0.29, 0.717) is 0 Å². The second-order valence-electron chi connectivity index (χ2n) is 9.27. The molecule has 0 atom stereocenters. The lowest BCUT2D eigenvalue weighted by Gasteiger charge is -2.13. The first-order valence-corrected chi connectivity index (χ1v) is 12.4. The Morgan fingerprint density at radius 3 is 1.74 bits per heavy atom. The molecule has 38 heavy (non-hydrogen) atoms. The maximum atomic E-state index is 6.38. The van der Waals surface area contributed by atoms with E-state index in [1.165, 1.54) is 0 Å². The molecule has 0 unspecified atom stereocenters. The number of aromatic nitrogens is 3. The van der Waals surface area contributed by atoms with Crippen LogP contribution in [-0.4, -0.2) is 15.0 Å². The molecule has 0 aliphatic heterocycles. The van der Waals surface area contributed by atoms with Gasteiger partial charge in [0.1, 0.15) is 22.2 Å². The van der Waals surface area contributed by atoms with Crippen LogP contribution >= 0.6 is 0 Å². The molecule has 0 saturated heterocycles. The highest BCUT2D eigenvalue weighted by atomic mass is 16.3. The fourth-order valence-electron chi connectivity index (χ4n) is 5.37. The van der Waals surface area contributed by atoms with Gasteiger partial charge in [0.15, 0.2) is 11.2 Å². The van der Waals surface area contributed by atoms with Gasteiger partial charge < -0.3 is 8.83 Å². The summed E-state index contributed by atoms with van der Waals surface area (Å²) >= 11 is 0. The van der Waals surface area contributed by atoms with Crippen LogP contribution in [-0.2, 0) is 0 Å². The number of pyridine rings is 3. The molecule has 5 nitrogen and oxygen atoms in total. The highest BCUT2D eigenvalue weighted by Gasteiger charge is 2.19. The maximum absolute atomic E-state index is 6.38. The summed E-state index contributed by atoms with van der Waals surface area (Å²) in [7, 11) is 0. The van der Waals surface area contributed by atoms with Gasteiger partial charge >= 0.3 is 0 Å². The summed E-state index contributed by atoms with van der Waals surface area (Å²) in [4.78, 5) is 13.5. The molecule has 0 radical (unpaired) electrons. The van der Waals surface area contributed by atoms with E-state index in [-0.39, 0.29) is 0 Å². The highest BCUT2D eigenvalue weighted by Crippen LogP contribution is 2.42. The number of fused-ring (bicyclic) bond motifs is 6. The topological polar surface area (TPSA) is 65.0 Å². The number of furan rings is 2. The molecule has 3 aromatic carbocycles. The van der Waals surface area contributed by atoms with Crippen LogP contribution in [0.2, 0.25) is 0 Å². The smallest absolute Gasteiger partial charge is 0.161 e. The molecule has 5 heteroatoms. The Kier molecular flexibility index (Phi) is 4.45. The summed E-state index contributed by atoms with van der Waals surface area (Å²) in [6, 6.07) is 30.6. The van der Waals surface area contributed by atoms with E-state index in [4.69, 9.17) is 8.83 Å². The molecule has 178 valence electrons. The lowest BCUT2D eigenvalue weighted by Crippen LogP contribution is -1.90. The van der Waals surface area contributed by atoms with Crippen LogP contribution in [0.5, 0.6) is 0 Å². The molecule has 0 aliphatic rings. The number of hydrogen-bond acceptors (Lipinski definition) is 5. The average Bonchev–Trinajstić information content (AvgIpc) is 3.56. The Hall–Kier alpha value is -5.29. The molecule has 8 rings (SSSR count). The van der Waals surface area contributed by atoms with Crippen molar-refractivity contribution in [3.05, 3.63) is 116 Å². The van der Waals surface area contributed by atoms with Gasteiger partial charge in [-0.05, 0) is 76.9 Å². The van der Waals surface area contributed by atoms with Crippen molar-refractivity contribution in [2.75, 3.05) is 0 Å². The van der Waals surface area contributed by atoms with Crippen molar-refractivity contribution in [1.29, 1.82) is 0 Å². The van der Waals surface area contributed by atoms with E-state index in [2.05, 4.69) is 33.2 Å². The Morgan fingerprint density at radius 2 is 1.05 bits per heavy atom. The third-order valence-electron chi connectivity index (χ3n) is 7.13. The number of hydrogen-bond donors (Lipinski definition) is 0.